The molecule has 3 rings (SSSR count). The molecule has 0 atom stereocenters. The van der Waals surface area contributed by atoms with Crippen LogP contribution < -0.4 is 5.73 Å². The molecule has 2 heterocycles. The highest BCUT2D eigenvalue weighted by Crippen LogP contribution is 2.27. The zero-order valence-electron chi connectivity index (χ0n) is 10.4. The lowest BCUT2D eigenvalue weighted by Crippen LogP contribution is -2.01. The van der Waals surface area contributed by atoms with Crippen molar-refractivity contribution in [3.05, 3.63) is 33.4 Å². The molecule has 0 saturated heterocycles. The molecule has 98 valence electrons. The van der Waals surface area contributed by atoms with Crippen molar-refractivity contribution in [1.29, 1.82) is 0 Å². The Morgan fingerprint density at radius 3 is 2.74 bits per heavy atom. The summed E-state index contributed by atoms with van der Waals surface area (Å²) in [4.78, 5) is 4.27. The average Bonchev–Trinajstić information content (AvgIpc) is 2.79. The van der Waals surface area contributed by atoms with E-state index < -0.39 is 0 Å². The van der Waals surface area contributed by atoms with Crippen LogP contribution in [0.2, 0.25) is 0 Å². The molecule has 0 amide bonds. The number of halogens is 2. The molecule has 0 radical (unpaired) electrons. The predicted octanol–water partition coefficient (Wildman–Crippen LogP) is 2.39. The summed E-state index contributed by atoms with van der Waals surface area (Å²) in [5.74, 6) is 0.0447. The average molecular weight is 371 g/mol. The van der Waals surface area contributed by atoms with Gasteiger partial charge in [-0.05, 0) is 35.6 Å². The predicted molar refractivity (Wildman–Crippen MR) is 79.7 cm³/mol. The van der Waals surface area contributed by atoms with Gasteiger partial charge in [0.15, 0.2) is 0 Å². The van der Waals surface area contributed by atoms with Crippen molar-refractivity contribution in [3.8, 4) is 5.69 Å². The molecular formula is C12H11FIN5. The Labute approximate surface area is 122 Å². The van der Waals surface area contributed by atoms with Gasteiger partial charge in [0.1, 0.15) is 5.82 Å². The van der Waals surface area contributed by atoms with E-state index in [1.165, 1.54) is 6.07 Å². The second kappa shape index (κ2) is 4.19. The Morgan fingerprint density at radius 2 is 2.11 bits per heavy atom. The molecule has 0 aliphatic carbocycles. The third kappa shape index (κ3) is 1.88. The lowest BCUT2D eigenvalue weighted by atomic mass is 10.3. The Hall–Kier alpha value is -1.64. The fourth-order valence-electron chi connectivity index (χ4n) is 2.15. The van der Waals surface area contributed by atoms with E-state index in [1.807, 2.05) is 42.8 Å². The fraction of sp³-hybridized carbons (Fsp3) is 0.167. The van der Waals surface area contributed by atoms with Crippen molar-refractivity contribution in [2.45, 2.75) is 6.92 Å². The van der Waals surface area contributed by atoms with Gasteiger partial charge >= 0.3 is 0 Å². The molecule has 0 bridgehead atoms. The zero-order chi connectivity index (χ0) is 13.7. The van der Waals surface area contributed by atoms with Crippen LogP contribution in [-0.2, 0) is 7.05 Å². The van der Waals surface area contributed by atoms with Crippen molar-refractivity contribution >= 4 is 39.6 Å². The Balaban J connectivity index is 2.37. The van der Waals surface area contributed by atoms with E-state index in [-0.39, 0.29) is 5.82 Å². The third-order valence-corrected chi connectivity index (χ3v) is 3.78. The van der Waals surface area contributed by atoms with Crippen molar-refractivity contribution < 1.29 is 4.39 Å². The van der Waals surface area contributed by atoms with Gasteiger partial charge in [-0.3, -0.25) is 9.25 Å². The van der Waals surface area contributed by atoms with Gasteiger partial charge in [-0.1, -0.05) is 0 Å². The first-order valence-electron chi connectivity index (χ1n) is 5.61. The molecule has 1 aromatic carbocycles. The van der Waals surface area contributed by atoms with E-state index in [2.05, 4.69) is 10.1 Å². The first kappa shape index (κ1) is 12.4. The smallest absolute Gasteiger partial charge is 0.206 e. The summed E-state index contributed by atoms with van der Waals surface area (Å²) in [6.07, 6.45) is 1.84. The number of nitrogens with two attached hydrogens (primary N) is 1. The number of aryl methyl sites for hydroxylation is 2. The van der Waals surface area contributed by atoms with E-state index in [9.17, 15) is 4.39 Å². The van der Waals surface area contributed by atoms with Crippen LogP contribution in [0.5, 0.6) is 0 Å². The number of fused-ring (bicyclic) bond motifs is 1. The number of anilines is 1. The second-order valence-corrected chi connectivity index (χ2v) is 5.50. The Morgan fingerprint density at radius 1 is 1.37 bits per heavy atom. The highest BCUT2D eigenvalue weighted by atomic mass is 127. The molecule has 0 fully saturated rings. The Kier molecular flexibility index (Phi) is 2.73. The van der Waals surface area contributed by atoms with Crippen molar-refractivity contribution in [2.24, 2.45) is 7.05 Å². The standard InChI is InChI=1S/C12H11FIN5/c1-6-11(5-18(2)17-6)19-10-3-7(13)8(14)4-9(10)16-12(19)15/h3-5H,1-2H3,(H2,15,16). The molecule has 0 aliphatic heterocycles. The minimum absolute atomic E-state index is 0.282. The quantitative estimate of drug-likeness (QED) is 0.669. The summed E-state index contributed by atoms with van der Waals surface area (Å²) in [5.41, 5.74) is 8.89. The number of aromatic nitrogens is 4. The molecule has 0 aliphatic rings. The molecule has 3 aromatic rings. The fourth-order valence-corrected chi connectivity index (χ4v) is 2.60. The van der Waals surface area contributed by atoms with Crippen LogP contribution in [0.15, 0.2) is 18.3 Å². The highest BCUT2D eigenvalue weighted by molar-refractivity contribution is 14.1. The first-order chi connectivity index (χ1) is 8.97. The van der Waals surface area contributed by atoms with E-state index >= 15 is 0 Å². The van der Waals surface area contributed by atoms with Crippen molar-refractivity contribution in [1.82, 2.24) is 19.3 Å². The number of nitrogen functional groups attached to an aromatic ring is 1. The maximum atomic E-state index is 13.7. The van der Waals surface area contributed by atoms with Gasteiger partial charge in [-0.2, -0.15) is 5.10 Å². The monoisotopic (exact) mass is 371 g/mol. The van der Waals surface area contributed by atoms with E-state index in [0.29, 0.717) is 20.6 Å². The number of hydrogen-bond donors (Lipinski definition) is 1. The van der Waals surface area contributed by atoms with Crippen LogP contribution in [-0.4, -0.2) is 19.3 Å². The van der Waals surface area contributed by atoms with Crippen LogP contribution in [0, 0.1) is 16.3 Å². The van der Waals surface area contributed by atoms with Crippen LogP contribution in [0.1, 0.15) is 5.69 Å². The van der Waals surface area contributed by atoms with Crippen molar-refractivity contribution in [2.75, 3.05) is 5.73 Å². The summed E-state index contributed by atoms with van der Waals surface area (Å²) >= 11 is 1.94. The maximum Gasteiger partial charge on any atom is 0.206 e. The Bertz CT molecular complexity index is 789. The molecule has 7 heteroatoms. The number of hydrogen-bond acceptors (Lipinski definition) is 3. The lowest BCUT2D eigenvalue weighted by Gasteiger charge is -2.04. The van der Waals surface area contributed by atoms with Gasteiger partial charge in [0, 0.05) is 19.3 Å². The minimum Gasteiger partial charge on any atom is -0.369 e. The van der Waals surface area contributed by atoms with E-state index in [0.717, 1.165) is 11.4 Å². The number of imidazole rings is 1. The third-order valence-electron chi connectivity index (χ3n) is 2.95. The largest absolute Gasteiger partial charge is 0.369 e. The van der Waals surface area contributed by atoms with Gasteiger partial charge < -0.3 is 5.73 Å². The van der Waals surface area contributed by atoms with Gasteiger partial charge in [-0.15, -0.1) is 0 Å². The molecule has 0 spiro atoms. The highest BCUT2D eigenvalue weighted by Gasteiger charge is 2.16. The number of benzene rings is 1. The SMILES string of the molecule is Cc1nn(C)cc1-n1c(N)nc2cc(I)c(F)cc21. The number of rotatable bonds is 1. The topological polar surface area (TPSA) is 61.7 Å². The lowest BCUT2D eigenvalue weighted by molar-refractivity contribution is 0.622. The molecule has 2 aromatic heterocycles. The molecule has 0 unspecified atom stereocenters. The van der Waals surface area contributed by atoms with E-state index in [4.69, 9.17) is 5.73 Å². The van der Waals surface area contributed by atoms with Crippen LogP contribution >= 0.6 is 22.6 Å². The summed E-state index contributed by atoms with van der Waals surface area (Å²) in [7, 11) is 1.83. The molecule has 2 N–H and O–H groups in total. The van der Waals surface area contributed by atoms with Gasteiger partial charge in [0.05, 0.1) is 26.0 Å². The summed E-state index contributed by atoms with van der Waals surface area (Å²) in [5, 5.41) is 4.27. The molecular weight excluding hydrogens is 360 g/mol. The number of nitrogens with zero attached hydrogens (tertiary/aromatic N) is 4. The summed E-state index contributed by atoms with van der Waals surface area (Å²) < 4.78 is 17.7. The van der Waals surface area contributed by atoms with Gasteiger partial charge in [0.25, 0.3) is 0 Å². The summed E-state index contributed by atoms with van der Waals surface area (Å²) in [6, 6.07) is 3.14. The first-order valence-corrected chi connectivity index (χ1v) is 6.69. The minimum atomic E-state index is -0.282. The van der Waals surface area contributed by atoms with Crippen LogP contribution in [0.3, 0.4) is 0 Å². The zero-order valence-corrected chi connectivity index (χ0v) is 12.5. The van der Waals surface area contributed by atoms with Gasteiger partial charge in [0.2, 0.25) is 5.95 Å². The van der Waals surface area contributed by atoms with Crippen LogP contribution in [0.4, 0.5) is 10.3 Å². The van der Waals surface area contributed by atoms with Crippen LogP contribution in [0.25, 0.3) is 16.7 Å². The maximum absolute atomic E-state index is 13.7. The molecule has 19 heavy (non-hydrogen) atoms. The van der Waals surface area contributed by atoms with Gasteiger partial charge in [-0.25, -0.2) is 9.37 Å². The molecule has 0 saturated carbocycles. The normalized spacial score (nSPS) is 11.4. The second-order valence-electron chi connectivity index (χ2n) is 4.33. The van der Waals surface area contributed by atoms with Crippen molar-refractivity contribution in [3.63, 3.8) is 0 Å². The van der Waals surface area contributed by atoms with E-state index in [1.54, 1.807) is 15.3 Å². The molecule has 5 nitrogen and oxygen atoms in total. The summed E-state index contributed by atoms with van der Waals surface area (Å²) in [6.45, 7) is 1.88.